The molecule has 20 nitrogen and oxygen atoms in total. The standard InChI is InChI=1S/2C12H24N2.C12H26N2.3C11H22N2.C11H24N2.C10H20N2.2C9H20N2.6CH4/c1-12(2,3)14-8-10-6-5-7-13(4)11(10)9-14;1-12(2,3)14-9-8-13-7-5-4-6-11(13)10-14;1-10-7-14(12(2,3)4)9-11(10)8-13(5)6;1-11(2,3)13-7-9-5-12(4)6-10(9)8-13;1-11(2,3)13-7-9-5-6-12(4)10(9)8-13;1-11(2,3)13-8-7-12-6-4-5-10(12)9-13;1-11(2,3)13-8-6-7-10(9-13)12(4)5;1-10(2,3)12-7-8-5-9(12)6-11(8)4;1-9(2,3)11-7-5-10(4)6-8-11;1-9(2)11-6-4-5-10(3)7-8-11;;;;;;/h10-11H,5-9H2,1-4H3;11H,4-10H2,1-3H3;10-11H,7-9H2,1-6H3;2*9-10H,5-8H2,1-4H3;10H,4-9H2,1-3H3;10H,6-9H2,1-5H3;8-9H,5-7H2,1-4H3;5-8H2,1-4H3;9H,4-8H2,1-3H3;6*1H4. The lowest BCUT2D eigenvalue weighted by atomic mass is 9.93. The summed E-state index contributed by atoms with van der Waals surface area (Å²) in [5.74, 6) is 5.48. The van der Waals surface area contributed by atoms with Crippen LogP contribution in [0, 0.1) is 35.5 Å². The van der Waals surface area contributed by atoms with E-state index in [1.165, 1.54) is 293 Å². The van der Waals surface area contributed by atoms with Crippen molar-refractivity contribution in [2.45, 2.75) is 428 Å². The van der Waals surface area contributed by atoms with E-state index in [-0.39, 0.29) is 44.6 Å². The van der Waals surface area contributed by atoms with E-state index in [1.807, 2.05) is 0 Å². The molecule has 134 heavy (non-hydrogen) atoms. The molecule has 0 aliphatic carbocycles. The summed E-state index contributed by atoms with van der Waals surface area (Å²) in [4.78, 5) is 51.2. The van der Waals surface area contributed by atoms with Gasteiger partial charge in [0.25, 0.3) is 0 Å². The molecule has 804 valence electrons. The number of hydrogen-bond acceptors (Lipinski definition) is 20. The van der Waals surface area contributed by atoms with E-state index in [0.717, 1.165) is 83.8 Å². The number of likely N-dealkylation sites (tertiary alicyclic amines) is 10. The Morgan fingerprint density at radius 1 is 0.269 bits per heavy atom. The fourth-order valence-corrected chi connectivity index (χ4v) is 23.8. The van der Waals surface area contributed by atoms with Gasteiger partial charge in [-0.3, -0.25) is 58.8 Å². The third kappa shape index (κ3) is 42.0. The van der Waals surface area contributed by atoms with Crippen LogP contribution in [0.2, 0.25) is 0 Å². The molecule has 16 aliphatic heterocycles. The van der Waals surface area contributed by atoms with Gasteiger partial charge < -0.3 is 39.2 Å². The van der Waals surface area contributed by atoms with Crippen LogP contribution in [0.1, 0.15) is 329 Å². The van der Waals surface area contributed by atoms with Gasteiger partial charge in [-0.2, -0.15) is 0 Å². The summed E-state index contributed by atoms with van der Waals surface area (Å²) < 4.78 is 0. The van der Waals surface area contributed by atoms with Gasteiger partial charge in [0.2, 0.25) is 0 Å². The predicted molar refractivity (Wildman–Crippen MR) is 598 cm³/mol. The molecule has 0 aromatic heterocycles. The van der Waals surface area contributed by atoms with E-state index in [9.17, 15) is 0 Å². The quantitative estimate of drug-likeness (QED) is 0.268. The fraction of sp³-hybridized carbons (Fsp3) is 1.00. The molecule has 13 unspecified atom stereocenters. The van der Waals surface area contributed by atoms with Gasteiger partial charge in [-0.05, 0) is 423 Å². The monoisotopic (exact) mass is 1900 g/mol. The largest absolute Gasteiger partial charge is 0.309 e. The average Bonchev–Trinajstić information content (AvgIpc) is 1.61. The second-order valence-electron chi connectivity index (χ2n) is 53.8. The molecule has 0 N–H and O–H groups in total. The molecule has 13 atom stereocenters. The summed E-state index contributed by atoms with van der Waals surface area (Å²) in [6.07, 6.45) is 16.8. The molecule has 2 bridgehead atoms. The van der Waals surface area contributed by atoms with Crippen molar-refractivity contribution in [3.05, 3.63) is 0 Å². The van der Waals surface area contributed by atoms with Gasteiger partial charge in [-0.15, -0.1) is 0 Å². The first-order valence-corrected chi connectivity index (χ1v) is 53.4. The maximum atomic E-state index is 2.70. The van der Waals surface area contributed by atoms with E-state index in [0.29, 0.717) is 49.9 Å². The highest BCUT2D eigenvalue weighted by Gasteiger charge is 2.48. The molecule has 0 amide bonds. The van der Waals surface area contributed by atoms with Crippen molar-refractivity contribution >= 4 is 0 Å². The zero-order chi connectivity index (χ0) is 95.9. The van der Waals surface area contributed by atoms with Crippen molar-refractivity contribution in [1.82, 2.24) is 98.0 Å². The van der Waals surface area contributed by atoms with E-state index in [2.05, 4.69) is 376 Å². The molecule has 16 fully saturated rings. The van der Waals surface area contributed by atoms with Crippen LogP contribution in [0.4, 0.5) is 0 Å². The van der Waals surface area contributed by atoms with Gasteiger partial charge in [-0.25, -0.2) is 0 Å². The molecule has 0 radical (unpaired) electrons. The van der Waals surface area contributed by atoms with Gasteiger partial charge in [0, 0.05) is 268 Å². The van der Waals surface area contributed by atoms with Crippen molar-refractivity contribution in [3.8, 4) is 0 Å². The topological polar surface area (TPSA) is 64.8 Å². The first-order chi connectivity index (χ1) is 59.0. The van der Waals surface area contributed by atoms with Crippen LogP contribution in [-0.2, 0) is 0 Å². The fourth-order valence-electron chi connectivity index (χ4n) is 23.8. The van der Waals surface area contributed by atoms with Crippen molar-refractivity contribution in [3.63, 3.8) is 0 Å². The van der Waals surface area contributed by atoms with Crippen molar-refractivity contribution < 1.29 is 0 Å². The van der Waals surface area contributed by atoms with Crippen molar-refractivity contribution in [2.24, 2.45) is 35.5 Å². The van der Waals surface area contributed by atoms with E-state index >= 15 is 0 Å². The van der Waals surface area contributed by atoms with Crippen LogP contribution in [-0.4, -0.2) is 483 Å². The minimum atomic E-state index is 0. The lowest BCUT2D eigenvalue weighted by molar-refractivity contribution is 0.00573. The van der Waals surface area contributed by atoms with E-state index in [1.54, 1.807) is 0 Å². The second kappa shape index (κ2) is 56.8. The summed E-state index contributed by atoms with van der Waals surface area (Å²) in [5, 5.41) is 0. The zero-order valence-electron chi connectivity index (χ0n) is 93.3. The number of nitrogens with zero attached hydrogens (tertiary/aromatic N) is 20. The Hall–Kier alpha value is -0.800. The van der Waals surface area contributed by atoms with Gasteiger partial charge in [0.05, 0.1) is 0 Å². The molecule has 0 saturated carbocycles. The van der Waals surface area contributed by atoms with Gasteiger partial charge in [-0.1, -0.05) is 57.9 Å². The average molecular weight is 1900 g/mol. The first-order valence-electron chi connectivity index (χ1n) is 53.4. The smallest absolute Gasteiger partial charge is 0.0261 e. The van der Waals surface area contributed by atoms with Crippen LogP contribution in [0.15, 0.2) is 0 Å². The maximum Gasteiger partial charge on any atom is 0.0261 e. The zero-order valence-corrected chi connectivity index (χ0v) is 93.3. The molecule has 16 saturated heterocycles. The minimum absolute atomic E-state index is 0. The summed E-state index contributed by atoms with van der Waals surface area (Å²) in [6.45, 7) is 112. The lowest BCUT2D eigenvalue weighted by Gasteiger charge is -2.48. The lowest BCUT2D eigenvalue weighted by Crippen LogP contribution is -2.59. The normalized spacial score (nSPS) is 30.4. The third-order valence-corrected chi connectivity index (χ3v) is 33.4. The molecule has 20 heteroatoms. The van der Waals surface area contributed by atoms with Gasteiger partial charge in [0.15, 0.2) is 0 Å². The number of piperazine rings is 4. The Morgan fingerprint density at radius 2 is 0.664 bits per heavy atom. The molecule has 16 heterocycles. The number of hydrogen-bond donors (Lipinski definition) is 0. The van der Waals surface area contributed by atoms with Gasteiger partial charge in [0.1, 0.15) is 0 Å². The van der Waals surface area contributed by atoms with Crippen LogP contribution in [0.25, 0.3) is 0 Å². The molecule has 16 aliphatic rings. The molecular formula is C114H248N20. The Kier molecular flexibility index (Phi) is 55.6. The second-order valence-corrected chi connectivity index (χ2v) is 53.8. The maximum absolute atomic E-state index is 2.70. The number of fused-ring (bicyclic) bond motifs is 7. The molecule has 0 spiro atoms. The number of rotatable bonds is 4. The molecular weight excluding hydrogens is 1650 g/mol. The SMILES string of the molecule is C.C.C.C.C.C.CC(C)(C)N1CCN2CCCC2C1.CC(C)(C)N1CCN2CCCCC2C1.CC(C)N1CCCN(C)CC1.CC1CN(C(C)(C)C)CC1CN(C)C.CN(C)C1CCCN(C(C)(C)C)C1.CN1CC2CC1CN2C(C)(C)C.CN1CC2CN(C(C)(C)C)CC2C1.CN1CCC2CN(C(C)(C)C)CC21.CN1CCCC2CN(C(C)(C)C)CC21.CN1CCN(C(C)(C)C)CC1. The highest BCUT2D eigenvalue weighted by Crippen LogP contribution is 2.39. The van der Waals surface area contributed by atoms with Crippen LogP contribution >= 0.6 is 0 Å². The summed E-state index contributed by atoms with van der Waals surface area (Å²) in [5.41, 5.74) is 3.26. The minimum Gasteiger partial charge on any atom is -0.309 e. The Morgan fingerprint density at radius 3 is 1.08 bits per heavy atom. The van der Waals surface area contributed by atoms with Crippen LogP contribution in [0.3, 0.4) is 0 Å². The number of likely N-dealkylation sites (N-methyl/N-ethyl adjacent to an activating group) is 6. The Labute approximate surface area is 842 Å². The first kappa shape index (κ1) is 131. The summed E-state index contributed by atoms with van der Waals surface area (Å²) in [7, 11) is 22.2. The Bertz CT molecular complexity index is 3010. The van der Waals surface area contributed by atoms with E-state index in [4.69, 9.17) is 0 Å². The highest BCUT2D eigenvalue weighted by molar-refractivity contribution is 5.04. The number of piperidine rings is 3. The Balaban J connectivity index is 0.000000741. The third-order valence-electron chi connectivity index (χ3n) is 33.4. The summed E-state index contributed by atoms with van der Waals surface area (Å²) in [6, 6.07) is 6.57. The molecule has 0 aromatic rings. The van der Waals surface area contributed by atoms with Gasteiger partial charge >= 0.3 is 0 Å². The molecule has 0 aromatic carbocycles. The van der Waals surface area contributed by atoms with E-state index < -0.39 is 0 Å². The van der Waals surface area contributed by atoms with Crippen LogP contribution in [0.5, 0.6) is 0 Å². The van der Waals surface area contributed by atoms with Crippen molar-refractivity contribution in [1.29, 1.82) is 0 Å². The summed E-state index contributed by atoms with van der Waals surface area (Å²) >= 11 is 0. The van der Waals surface area contributed by atoms with Crippen LogP contribution < -0.4 is 0 Å². The molecule has 16 rings (SSSR count). The highest BCUT2D eigenvalue weighted by atomic mass is 15.4. The predicted octanol–water partition coefficient (Wildman–Crippen LogP) is 18.8. The van der Waals surface area contributed by atoms with Crippen molar-refractivity contribution in [2.75, 3.05) is 286 Å².